The lowest BCUT2D eigenvalue weighted by atomic mass is 10.0. The lowest BCUT2D eigenvalue weighted by Crippen LogP contribution is -1.84. The van der Waals surface area contributed by atoms with Gasteiger partial charge in [0.1, 0.15) is 5.82 Å². The van der Waals surface area contributed by atoms with Crippen LogP contribution in [-0.2, 0) is 0 Å². The monoisotopic (exact) mass is 267 g/mol. The Bertz CT molecular complexity index is 800. The van der Waals surface area contributed by atoms with Gasteiger partial charge in [-0.1, -0.05) is 12.1 Å². The predicted octanol–water partition coefficient (Wildman–Crippen LogP) is 4.40. The predicted molar refractivity (Wildman–Crippen MR) is 78.6 cm³/mol. The van der Waals surface area contributed by atoms with Gasteiger partial charge in [0.05, 0.1) is 5.69 Å². The second kappa shape index (κ2) is 4.60. The highest BCUT2D eigenvalue weighted by Crippen LogP contribution is 2.31. The molecule has 100 valence electrons. The van der Waals surface area contributed by atoms with E-state index in [1.54, 1.807) is 12.1 Å². The smallest absolute Gasteiger partial charge is 0.152 e. The number of aldehydes is 1. The molecule has 0 fully saturated rings. The average molecular weight is 267 g/mol. The molecule has 1 heterocycles. The van der Waals surface area contributed by atoms with Crippen molar-refractivity contribution in [1.29, 1.82) is 0 Å². The van der Waals surface area contributed by atoms with Crippen LogP contribution in [0.15, 0.2) is 36.4 Å². The molecular weight excluding hydrogens is 253 g/mol. The number of aryl methyl sites for hydroxylation is 2. The Balaban J connectivity index is 2.33. The third-order valence-corrected chi connectivity index (χ3v) is 3.80. The minimum atomic E-state index is -0.287. The molecule has 0 bridgehead atoms. The number of carbonyl (C=O) groups excluding carboxylic acids is 1. The summed E-state index contributed by atoms with van der Waals surface area (Å²) in [5, 5.41) is 0.905. The molecule has 2 aromatic carbocycles. The van der Waals surface area contributed by atoms with E-state index < -0.39 is 0 Å². The Morgan fingerprint density at radius 2 is 1.75 bits per heavy atom. The molecule has 1 aromatic heterocycles. The zero-order valence-corrected chi connectivity index (χ0v) is 11.3. The van der Waals surface area contributed by atoms with Gasteiger partial charge in [-0.25, -0.2) is 4.39 Å². The van der Waals surface area contributed by atoms with E-state index in [0.717, 1.165) is 34.0 Å². The molecule has 0 saturated heterocycles. The summed E-state index contributed by atoms with van der Waals surface area (Å²) in [6, 6.07) is 10.1. The number of benzene rings is 2. The summed E-state index contributed by atoms with van der Waals surface area (Å²) in [4.78, 5) is 14.8. The zero-order chi connectivity index (χ0) is 14.3. The first-order valence-electron chi connectivity index (χ1n) is 6.45. The standard InChI is InChI=1S/C17H14FNO/c1-10-3-8-14-15(9-20)17(19-16(14)11(10)2)12-4-6-13(18)7-5-12/h3-9,19H,1-2H3. The fraction of sp³-hybridized carbons (Fsp3) is 0.118. The van der Waals surface area contributed by atoms with Crippen LogP contribution in [0.1, 0.15) is 21.5 Å². The highest BCUT2D eigenvalue weighted by Gasteiger charge is 2.14. The van der Waals surface area contributed by atoms with Crippen LogP contribution in [0.4, 0.5) is 4.39 Å². The molecular formula is C17H14FNO. The van der Waals surface area contributed by atoms with E-state index in [0.29, 0.717) is 5.56 Å². The molecule has 0 spiro atoms. The molecule has 0 saturated carbocycles. The van der Waals surface area contributed by atoms with Crippen molar-refractivity contribution in [3.8, 4) is 11.3 Å². The highest BCUT2D eigenvalue weighted by atomic mass is 19.1. The fourth-order valence-electron chi connectivity index (χ4n) is 2.50. The molecule has 0 amide bonds. The van der Waals surface area contributed by atoms with Crippen molar-refractivity contribution in [2.75, 3.05) is 0 Å². The summed E-state index contributed by atoms with van der Waals surface area (Å²) in [7, 11) is 0. The van der Waals surface area contributed by atoms with Gasteiger partial charge in [-0.3, -0.25) is 4.79 Å². The van der Waals surface area contributed by atoms with Crippen molar-refractivity contribution in [2.24, 2.45) is 0 Å². The van der Waals surface area contributed by atoms with Gasteiger partial charge in [-0.05, 0) is 54.8 Å². The molecule has 0 atom stereocenters. The van der Waals surface area contributed by atoms with Gasteiger partial charge in [-0.2, -0.15) is 0 Å². The largest absolute Gasteiger partial charge is 0.354 e. The van der Waals surface area contributed by atoms with Crippen molar-refractivity contribution in [3.63, 3.8) is 0 Å². The van der Waals surface area contributed by atoms with Gasteiger partial charge in [0.15, 0.2) is 6.29 Å². The third-order valence-electron chi connectivity index (χ3n) is 3.80. The Kier molecular flexibility index (Phi) is 2.90. The van der Waals surface area contributed by atoms with Crippen molar-refractivity contribution in [3.05, 3.63) is 58.9 Å². The molecule has 1 N–H and O–H groups in total. The van der Waals surface area contributed by atoms with Gasteiger partial charge in [0.2, 0.25) is 0 Å². The van der Waals surface area contributed by atoms with E-state index in [9.17, 15) is 9.18 Å². The molecule has 3 rings (SSSR count). The molecule has 2 nitrogen and oxygen atoms in total. The topological polar surface area (TPSA) is 32.9 Å². The first kappa shape index (κ1) is 12.6. The summed E-state index contributed by atoms with van der Waals surface area (Å²) in [5.41, 5.74) is 5.42. The fourth-order valence-corrected chi connectivity index (χ4v) is 2.50. The number of halogens is 1. The second-order valence-electron chi connectivity index (χ2n) is 4.97. The van der Waals surface area contributed by atoms with Gasteiger partial charge < -0.3 is 4.98 Å². The van der Waals surface area contributed by atoms with Crippen LogP contribution in [0.25, 0.3) is 22.2 Å². The molecule has 3 heteroatoms. The van der Waals surface area contributed by atoms with E-state index in [-0.39, 0.29) is 5.82 Å². The highest BCUT2D eigenvalue weighted by molar-refractivity contribution is 6.05. The molecule has 0 aliphatic carbocycles. The summed E-state index contributed by atoms with van der Waals surface area (Å²) < 4.78 is 13.0. The van der Waals surface area contributed by atoms with Crippen LogP contribution < -0.4 is 0 Å². The lowest BCUT2D eigenvalue weighted by molar-refractivity contribution is 0.112. The van der Waals surface area contributed by atoms with E-state index in [2.05, 4.69) is 4.98 Å². The number of hydrogen-bond donors (Lipinski definition) is 1. The van der Waals surface area contributed by atoms with Gasteiger partial charge in [-0.15, -0.1) is 0 Å². The van der Waals surface area contributed by atoms with E-state index in [4.69, 9.17) is 0 Å². The van der Waals surface area contributed by atoms with Crippen LogP contribution in [-0.4, -0.2) is 11.3 Å². The minimum absolute atomic E-state index is 0.287. The normalized spacial score (nSPS) is 10.9. The first-order valence-corrected chi connectivity index (χ1v) is 6.45. The lowest BCUT2D eigenvalue weighted by Gasteiger charge is -2.00. The first-order chi connectivity index (χ1) is 9.61. The summed E-state index contributed by atoms with van der Waals surface area (Å²) in [6.45, 7) is 4.06. The van der Waals surface area contributed by atoms with Crippen molar-refractivity contribution >= 4 is 17.2 Å². The number of fused-ring (bicyclic) bond motifs is 1. The third kappa shape index (κ3) is 1.83. The number of rotatable bonds is 2. The van der Waals surface area contributed by atoms with Crippen LogP contribution >= 0.6 is 0 Å². The number of H-pyrrole nitrogens is 1. The Morgan fingerprint density at radius 3 is 2.40 bits per heavy atom. The molecule has 0 aliphatic heterocycles. The molecule has 20 heavy (non-hydrogen) atoms. The summed E-state index contributed by atoms with van der Waals surface area (Å²) in [6.07, 6.45) is 0.853. The summed E-state index contributed by atoms with van der Waals surface area (Å²) in [5.74, 6) is -0.287. The molecule has 0 aliphatic rings. The van der Waals surface area contributed by atoms with E-state index >= 15 is 0 Å². The summed E-state index contributed by atoms with van der Waals surface area (Å²) >= 11 is 0. The molecule has 0 radical (unpaired) electrons. The van der Waals surface area contributed by atoms with Crippen LogP contribution in [0, 0.1) is 19.7 Å². The number of carbonyl (C=O) groups is 1. The SMILES string of the molecule is Cc1ccc2c(C=O)c(-c3ccc(F)cc3)[nH]c2c1C. The number of aromatic amines is 1. The number of hydrogen-bond acceptors (Lipinski definition) is 1. The van der Waals surface area contributed by atoms with Crippen molar-refractivity contribution in [1.82, 2.24) is 4.98 Å². The van der Waals surface area contributed by atoms with Gasteiger partial charge in [0, 0.05) is 16.5 Å². The minimum Gasteiger partial charge on any atom is -0.354 e. The Labute approximate surface area is 116 Å². The van der Waals surface area contributed by atoms with Crippen molar-refractivity contribution < 1.29 is 9.18 Å². The second-order valence-corrected chi connectivity index (χ2v) is 4.97. The number of aromatic nitrogens is 1. The Hall–Kier alpha value is -2.42. The molecule has 0 unspecified atom stereocenters. The maximum atomic E-state index is 13.0. The van der Waals surface area contributed by atoms with Crippen LogP contribution in [0.5, 0.6) is 0 Å². The Morgan fingerprint density at radius 1 is 1.05 bits per heavy atom. The van der Waals surface area contributed by atoms with Crippen LogP contribution in [0.2, 0.25) is 0 Å². The van der Waals surface area contributed by atoms with E-state index in [1.165, 1.54) is 17.7 Å². The molecule has 3 aromatic rings. The van der Waals surface area contributed by atoms with Crippen LogP contribution in [0.3, 0.4) is 0 Å². The van der Waals surface area contributed by atoms with Gasteiger partial charge >= 0.3 is 0 Å². The van der Waals surface area contributed by atoms with E-state index in [1.807, 2.05) is 26.0 Å². The zero-order valence-electron chi connectivity index (χ0n) is 11.3. The maximum Gasteiger partial charge on any atom is 0.152 e. The quantitative estimate of drug-likeness (QED) is 0.686. The number of nitrogens with one attached hydrogen (secondary N) is 1. The van der Waals surface area contributed by atoms with Crippen molar-refractivity contribution in [2.45, 2.75) is 13.8 Å². The maximum absolute atomic E-state index is 13.0. The van der Waals surface area contributed by atoms with Gasteiger partial charge in [0.25, 0.3) is 0 Å². The average Bonchev–Trinajstić information content (AvgIpc) is 2.83.